The van der Waals surface area contributed by atoms with Crippen LogP contribution in [0.15, 0.2) is 71.6 Å². The van der Waals surface area contributed by atoms with Gasteiger partial charge in [0, 0.05) is 23.2 Å². The Balaban J connectivity index is 1.67. The fourth-order valence-corrected chi connectivity index (χ4v) is 3.71. The Morgan fingerprint density at radius 2 is 1.58 bits per heavy atom. The van der Waals surface area contributed by atoms with Crippen LogP contribution in [-0.2, 0) is 21.1 Å². The topological polar surface area (TPSA) is 92.3 Å². The first kappa shape index (κ1) is 22.2. The van der Waals surface area contributed by atoms with Crippen LogP contribution in [0, 0.1) is 13.8 Å². The predicted octanol–water partition coefficient (Wildman–Crippen LogP) is 4.14. The predicted molar refractivity (Wildman–Crippen MR) is 122 cm³/mol. The number of nitrogens with one attached hydrogen (secondary N) is 2. The Kier molecular flexibility index (Phi) is 6.56. The summed E-state index contributed by atoms with van der Waals surface area (Å²) in [6.45, 7) is 3.81. The molecule has 0 saturated heterocycles. The quantitative estimate of drug-likeness (QED) is 0.607. The van der Waals surface area contributed by atoms with Crippen molar-refractivity contribution in [1.82, 2.24) is 0 Å². The van der Waals surface area contributed by atoms with Crippen LogP contribution in [0.1, 0.15) is 27.0 Å². The van der Waals surface area contributed by atoms with Crippen molar-refractivity contribution >= 4 is 33.0 Å². The van der Waals surface area contributed by atoms with Crippen molar-refractivity contribution in [3.05, 3.63) is 89.0 Å². The molecule has 0 saturated carbocycles. The molecule has 6 nitrogen and oxygen atoms in total. The lowest BCUT2D eigenvalue weighted by Gasteiger charge is -2.12. The van der Waals surface area contributed by atoms with Crippen molar-refractivity contribution in [2.45, 2.75) is 25.2 Å². The molecule has 0 fully saturated rings. The fourth-order valence-electron chi connectivity index (χ4n) is 3.04. The zero-order chi connectivity index (χ0) is 22.6. The molecule has 0 aromatic heterocycles. The Bertz CT molecular complexity index is 1230. The normalized spacial score (nSPS) is 11.1. The van der Waals surface area contributed by atoms with Crippen LogP contribution in [0.4, 0.5) is 11.4 Å². The minimum absolute atomic E-state index is 0.0866. The number of carbonyl (C=O) groups excluding carboxylic acids is 2. The van der Waals surface area contributed by atoms with Crippen LogP contribution in [0.25, 0.3) is 0 Å². The highest BCUT2D eigenvalue weighted by Crippen LogP contribution is 2.21. The summed E-state index contributed by atoms with van der Waals surface area (Å²) in [5.41, 5.74) is 4.29. The van der Waals surface area contributed by atoms with Gasteiger partial charge in [0.1, 0.15) is 0 Å². The molecule has 160 valence electrons. The maximum absolute atomic E-state index is 12.6. The molecule has 0 aliphatic heterocycles. The third-order valence-electron chi connectivity index (χ3n) is 4.77. The van der Waals surface area contributed by atoms with Crippen molar-refractivity contribution in [1.29, 1.82) is 0 Å². The Hall–Kier alpha value is -3.45. The van der Waals surface area contributed by atoms with E-state index in [1.807, 2.05) is 38.1 Å². The summed E-state index contributed by atoms with van der Waals surface area (Å²) in [7, 11) is -3.40. The van der Waals surface area contributed by atoms with Crippen LogP contribution in [0.5, 0.6) is 0 Å². The van der Waals surface area contributed by atoms with Gasteiger partial charge in [-0.15, -0.1) is 0 Å². The standard InChI is InChI=1S/C24H24N2O4S/c1-16-7-9-18(10-8-16)14-23(27)25-20-11-12-22(17(2)13-20)26-24(28)19-5-4-6-21(15-19)31(3,29)30/h4-13,15H,14H2,1-3H3,(H,25,27)(H,26,28). The molecule has 0 heterocycles. The molecule has 0 spiro atoms. The van der Waals surface area contributed by atoms with Crippen molar-refractivity contribution in [2.24, 2.45) is 0 Å². The van der Waals surface area contributed by atoms with Gasteiger partial charge in [0.25, 0.3) is 5.91 Å². The molecular weight excluding hydrogens is 412 g/mol. The fraction of sp³-hybridized carbons (Fsp3) is 0.167. The van der Waals surface area contributed by atoms with Gasteiger partial charge in [0.15, 0.2) is 9.84 Å². The van der Waals surface area contributed by atoms with E-state index in [0.717, 1.165) is 22.9 Å². The minimum atomic E-state index is -3.40. The van der Waals surface area contributed by atoms with E-state index in [0.29, 0.717) is 11.4 Å². The molecule has 0 aliphatic rings. The summed E-state index contributed by atoms with van der Waals surface area (Å²) in [6, 6.07) is 18.9. The SMILES string of the molecule is Cc1ccc(CC(=O)Nc2ccc(NC(=O)c3cccc(S(C)(=O)=O)c3)c(C)c2)cc1. The number of carbonyl (C=O) groups is 2. The van der Waals surface area contributed by atoms with E-state index in [-0.39, 0.29) is 22.8 Å². The Morgan fingerprint density at radius 3 is 2.23 bits per heavy atom. The van der Waals surface area contributed by atoms with E-state index in [9.17, 15) is 18.0 Å². The number of hydrogen-bond donors (Lipinski definition) is 2. The van der Waals surface area contributed by atoms with Crippen molar-refractivity contribution in [3.63, 3.8) is 0 Å². The molecule has 2 amide bonds. The van der Waals surface area contributed by atoms with Crippen LogP contribution in [-0.4, -0.2) is 26.5 Å². The highest BCUT2D eigenvalue weighted by atomic mass is 32.2. The number of aryl methyl sites for hydroxylation is 2. The molecule has 2 N–H and O–H groups in total. The first-order chi connectivity index (χ1) is 14.6. The smallest absolute Gasteiger partial charge is 0.255 e. The highest BCUT2D eigenvalue weighted by molar-refractivity contribution is 7.90. The third kappa shape index (κ3) is 6.02. The first-order valence-electron chi connectivity index (χ1n) is 9.69. The zero-order valence-corrected chi connectivity index (χ0v) is 18.4. The Morgan fingerprint density at radius 1 is 0.871 bits per heavy atom. The first-order valence-corrected chi connectivity index (χ1v) is 11.6. The van der Waals surface area contributed by atoms with Crippen LogP contribution in [0.3, 0.4) is 0 Å². The van der Waals surface area contributed by atoms with Crippen LogP contribution < -0.4 is 10.6 Å². The molecule has 0 bridgehead atoms. The molecule has 3 rings (SSSR count). The number of anilines is 2. The summed E-state index contributed by atoms with van der Waals surface area (Å²) >= 11 is 0. The van der Waals surface area contributed by atoms with E-state index in [4.69, 9.17) is 0 Å². The molecular formula is C24H24N2O4S. The van der Waals surface area contributed by atoms with Gasteiger partial charge < -0.3 is 10.6 Å². The van der Waals surface area contributed by atoms with Gasteiger partial charge in [-0.3, -0.25) is 9.59 Å². The van der Waals surface area contributed by atoms with Gasteiger partial charge >= 0.3 is 0 Å². The molecule has 0 aliphatic carbocycles. The summed E-state index contributed by atoms with van der Waals surface area (Å²) < 4.78 is 23.4. The second-order valence-corrected chi connectivity index (χ2v) is 9.51. The summed E-state index contributed by atoms with van der Waals surface area (Å²) in [4.78, 5) is 25.0. The molecule has 3 aromatic carbocycles. The number of hydrogen-bond acceptors (Lipinski definition) is 4. The highest BCUT2D eigenvalue weighted by Gasteiger charge is 2.13. The molecule has 3 aromatic rings. The van der Waals surface area contributed by atoms with Gasteiger partial charge in [-0.05, 0) is 61.4 Å². The number of sulfone groups is 1. The van der Waals surface area contributed by atoms with E-state index in [1.165, 1.54) is 18.2 Å². The minimum Gasteiger partial charge on any atom is -0.326 e. The lowest BCUT2D eigenvalue weighted by atomic mass is 10.1. The van der Waals surface area contributed by atoms with Crippen molar-refractivity contribution in [2.75, 3.05) is 16.9 Å². The molecule has 31 heavy (non-hydrogen) atoms. The summed E-state index contributed by atoms with van der Waals surface area (Å²) in [6.07, 6.45) is 1.37. The average molecular weight is 437 g/mol. The lowest BCUT2D eigenvalue weighted by Crippen LogP contribution is -2.15. The van der Waals surface area contributed by atoms with Gasteiger partial charge in [-0.1, -0.05) is 35.9 Å². The van der Waals surface area contributed by atoms with E-state index in [2.05, 4.69) is 10.6 Å². The lowest BCUT2D eigenvalue weighted by molar-refractivity contribution is -0.115. The van der Waals surface area contributed by atoms with Gasteiger partial charge in [-0.25, -0.2) is 8.42 Å². The van der Waals surface area contributed by atoms with Gasteiger partial charge in [-0.2, -0.15) is 0 Å². The second kappa shape index (κ2) is 9.14. The summed E-state index contributed by atoms with van der Waals surface area (Å²) in [5.74, 6) is -0.539. The monoisotopic (exact) mass is 436 g/mol. The van der Waals surface area contributed by atoms with Crippen molar-refractivity contribution in [3.8, 4) is 0 Å². The summed E-state index contributed by atoms with van der Waals surface area (Å²) in [5, 5.41) is 5.65. The maximum atomic E-state index is 12.6. The van der Waals surface area contributed by atoms with E-state index >= 15 is 0 Å². The zero-order valence-electron chi connectivity index (χ0n) is 17.6. The Labute approximate surface area is 182 Å². The van der Waals surface area contributed by atoms with E-state index in [1.54, 1.807) is 24.3 Å². The maximum Gasteiger partial charge on any atom is 0.255 e. The molecule has 0 radical (unpaired) electrons. The third-order valence-corrected chi connectivity index (χ3v) is 5.88. The van der Waals surface area contributed by atoms with Crippen LogP contribution >= 0.6 is 0 Å². The molecule has 7 heteroatoms. The second-order valence-electron chi connectivity index (χ2n) is 7.49. The number of amides is 2. The number of benzene rings is 3. The van der Waals surface area contributed by atoms with Gasteiger partial charge in [0.05, 0.1) is 11.3 Å². The van der Waals surface area contributed by atoms with Crippen LogP contribution in [0.2, 0.25) is 0 Å². The molecule has 0 unspecified atom stereocenters. The average Bonchev–Trinajstić information content (AvgIpc) is 2.71. The number of rotatable bonds is 6. The van der Waals surface area contributed by atoms with Crippen molar-refractivity contribution < 1.29 is 18.0 Å². The van der Waals surface area contributed by atoms with Gasteiger partial charge in [0.2, 0.25) is 5.91 Å². The van der Waals surface area contributed by atoms with E-state index < -0.39 is 15.7 Å². The molecule has 0 atom stereocenters. The largest absolute Gasteiger partial charge is 0.326 e.